The molecule has 128 valence electrons. The Morgan fingerprint density at radius 3 is 1.91 bits per heavy atom. The summed E-state index contributed by atoms with van der Waals surface area (Å²) in [6.45, 7) is 6.82. The quantitative estimate of drug-likeness (QED) is 0.226. The second kappa shape index (κ2) is 18.3. The number of hydrogen-bond donors (Lipinski definition) is 0. The summed E-state index contributed by atoms with van der Waals surface area (Å²) in [7, 11) is 0. The lowest BCUT2D eigenvalue weighted by atomic mass is 10.0. The molecule has 0 aromatic heterocycles. The van der Waals surface area contributed by atoms with Crippen molar-refractivity contribution >= 4 is 0 Å². The molecule has 0 amide bonds. The topological polar surface area (TPSA) is 0 Å². The molecule has 0 heterocycles. The molecule has 0 unspecified atom stereocenters. The van der Waals surface area contributed by atoms with Gasteiger partial charge in [-0.15, -0.1) is 0 Å². The zero-order valence-corrected chi connectivity index (χ0v) is 15.7. The molecule has 0 aliphatic heterocycles. The minimum absolute atomic E-state index is 1.09. The van der Waals surface area contributed by atoms with Crippen molar-refractivity contribution in [2.24, 2.45) is 0 Å². The van der Waals surface area contributed by atoms with Crippen LogP contribution in [0.25, 0.3) is 0 Å². The first-order valence-corrected chi connectivity index (χ1v) is 10.0. The summed E-state index contributed by atoms with van der Waals surface area (Å²) in [5.41, 5.74) is 1.42. The zero-order chi connectivity index (χ0) is 16.3. The van der Waals surface area contributed by atoms with E-state index in [1.165, 1.54) is 95.5 Å². The van der Waals surface area contributed by atoms with Gasteiger partial charge < -0.3 is 0 Å². The lowest BCUT2D eigenvalue weighted by molar-refractivity contribution is 0.660. The van der Waals surface area contributed by atoms with Crippen LogP contribution in [0.4, 0.5) is 0 Å². The van der Waals surface area contributed by atoms with E-state index < -0.39 is 0 Å². The molecule has 0 aliphatic rings. The number of unbranched alkanes of at least 4 members (excludes halogenated alkanes) is 11. The van der Waals surface area contributed by atoms with E-state index >= 15 is 0 Å². The first kappa shape index (κ1) is 21.3. The molecule has 0 heteroatoms. The molecule has 0 N–H and O–H groups in total. The maximum Gasteiger partial charge on any atom is 0.00923 e. The summed E-state index contributed by atoms with van der Waals surface area (Å²) in [6, 6.07) is 0. The van der Waals surface area contributed by atoms with Crippen molar-refractivity contribution in [2.75, 3.05) is 0 Å². The first-order chi connectivity index (χ1) is 10.8. The highest BCUT2D eigenvalue weighted by Crippen LogP contribution is 2.13. The summed E-state index contributed by atoms with van der Waals surface area (Å²) >= 11 is 0. The van der Waals surface area contributed by atoms with Gasteiger partial charge in [0.25, 0.3) is 0 Å². The summed E-state index contributed by atoms with van der Waals surface area (Å²) in [5, 5.41) is 0. The number of rotatable bonds is 14. The predicted octanol–water partition coefficient (Wildman–Crippen LogP) is 7.83. The van der Waals surface area contributed by atoms with Gasteiger partial charge in [-0.05, 0) is 37.7 Å². The maximum atomic E-state index is 3.48. The Bertz CT molecular complexity index is 300. The molecule has 0 aromatic carbocycles. The third-order valence-corrected chi connectivity index (χ3v) is 4.15. The highest BCUT2D eigenvalue weighted by Gasteiger charge is 1.95. The highest BCUT2D eigenvalue weighted by molar-refractivity contribution is 5.28. The normalized spacial score (nSPS) is 11.3. The molecule has 0 rings (SSSR count). The van der Waals surface area contributed by atoms with E-state index in [1.807, 2.05) is 0 Å². The monoisotopic (exact) mass is 304 g/mol. The molecule has 0 fully saturated rings. The van der Waals surface area contributed by atoms with E-state index in [9.17, 15) is 0 Å². The van der Waals surface area contributed by atoms with Crippen molar-refractivity contribution in [1.82, 2.24) is 0 Å². The van der Waals surface area contributed by atoms with Crippen LogP contribution in [0.1, 0.15) is 117 Å². The van der Waals surface area contributed by atoms with Gasteiger partial charge in [-0.3, -0.25) is 0 Å². The van der Waals surface area contributed by atoms with Gasteiger partial charge in [0.15, 0.2) is 0 Å². The van der Waals surface area contributed by atoms with Gasteiger partial charge in [0, 0.05) is 6.42 Å². The lowest BCUT2D eigenvalue weighted by Gasteiger charge is -2.01. The summed E-state index contributed by atoms with van der Waals surface area (Å²) < 4.78 is 0. The summed E-state index contributed by atoms with van der Waals surface area (Å²) in [5.74, 6) is 6.89. The van der Waals surface area contributed by atoms with Crippen LogP contribution in [0.2, 0.25) is 0 Å². The Morgan fingerprint density at radius 1 is 0.682 bits per heavy atom. The van der Waals surface area contributed by atoms with Gasteiger partial charge in [0.05, 0.1) is 0 Å². The van der Waals surface area contributed by atoms with Crippen molar-refractivity contribution in [1.29, 1.82) is 0 Å². The van der Waals surface area contributed by atoms with E-state index in [1.54, 1.807) is 0 Å². The van der Waals surface area contributed by atoms with Crippen LogP contribution in [-0.4, -0.2) is 0 Å². The fourth-order valence-electron chi connectivity index (χ4n) is 2.62. The SMILES string of the molecule is CCCCCCC#C/C(=C/CCCCCC)CCCCCC. The summed E-state index contributed by atoms with van der Waals surface area (Å²) in [4.78, 5) is 0. The standard InChI is InChI=1S/C22H40/c1-4-7-10-13-15-18-21-22(19-16-12-9-6-3)20-17-14-11-8-5-2/h20H,4-17,19H2,1-3H3/b22-20+. The van der Waals surface area contributed by atoms with Crippen LogP contribution in [0.3, 0.4) is 0 Å². The molecular formula is C22H40. The maximum absolute atomic E-state index is 3.48. The molecule has 0 radical (unpaired) electrons. The van der Waals surface area contributed by atoms with Crippen molar-refractivity contribution in [2.45, 2.75) is 117 Å². The minimum Gasteiger partial charge on any atom is -0.0982 e. The summed E-state index contributed by atoms with van der Waals surface area (Å²) in [6.07, 6.45) is 22.0. The third-order valence-electron chi connectivity index (χ3n) is 4.15. The van der Waals surface area contributed by atoms with Crippen LogP contribution in [0.5, 0.6) is 0 Å². The molecule has 0 nitrogen and oxygen atoms in total. The van der Waals surface area contributed by atoms with Gasteiger partial charge in [0.2, 0.25) is 0 Å². The molecule has 22 heavy (non-hydrogen) atoms. The van der Waals surface area contributed by atoms with Gasteiger partial charge in [-0.25, -0.2) is 0 Å². The van der Waals surface area contributed by atoms with Gasteiger partial charge in [-0.1, -0.05) is 96.5 Å². The van der Waals surface area contributed by atoms with Crippen LogP contribution in [0.15, 0.2) is 11.6 Å². The Kier molecular flexibility index (Phi) is 17.8. The Hall–Kier alpha value is -0.700. The van der Waals surface area contributed by atoms with Gasteiger partial charge >= 0.3 is 0 Å². The van der Waals surface area contributed by atoms with Crippen LogP contribution in [0, 0.1) is 11.8 Å². The van der Waals surface area contributed by atoms with E-state index in [2.05, 4.69) is 38.7 Å². The van der Waals surface area contributed by atoms with Crippen LogP contribution >= 0.6 is 0 Å². The second-order valence-corrected chi connectivity index (χ2v) is 6.50. The molecule has 0 aliphatic carbocycles. The molecule has 0 aromatic rings. The molecule has 0 saturated heterocycles. The van der Waals surface area contributed by atoms with E-state index in [0.29, 0.717) is 0 Å². The third kappa shape index (κ3) is 15.7. The zero-order valence-electron chi connectivity index (χ0n) is 15.7. The molecule has 0 saturated carbocycles. The van der Waals surface area contributed by atoms with Crippen molar-refractivity contribution in [3.8, 4) is 11.8 Å². The van der Waals surface area contributed by atoms with Gasteiger partial charge in [-0.2, -0.15) is 0 Å². The van der Waals surface area contributed by atoms with E-state index in [4.69, 9.17) is 0 Å². The molecule has 0 atom stereocenters. The number of hydrogen-bond acceptors (Lipinski definition) is 0. The fourth-order valence-corrected chi connectivity index (χ4v) is 2.62. The average Bonchev–Trinajstić information content (AvgIpc) is 2.53. The number of allylic oxidation sites excluding steroid dienone is 2. The predicted molar refractivity (Wildman–Crippen MR) is 102 cm³/mol. The van der Waals surface area contributed by atoms with Crippen LogP contribution in [-0.2, 0) is 0 Å². The Morgan fingerprint density at radius 2 is 1.27 bits per heavy atom. The largest absolute Gasteiger partial charge is 0.0982 e. The first-order valence-electron chi connectivity index (χ1n) is 10.0. The minimum atomic E-state index is 1.09. The van der Waals surface area contributed by atoms with E-state index in [0.717, 1.165) is 6.42 Å². The van der Waals surface area contributed by atoms with Crippen molar-refractivity contribution in [3.05, 3.63) is 11.6 Å². The second-order valence-electron chi connectivity index (χ2n) is 6.50. The lowest BCUT2D eigenvalue weighted by Crippen LogP contribution is -1.84. The molecule has 0 spiro atoms. The smallest absolute Gasteiger partial charge is 0.00923 e. The van der Waals surface area contributed by atoms with Crippen molar-refractivity contribution < 1.29 is 0 Å². The van der Waals surface area contributed by atoms with Crippen molar-refractivity contribution in [3.63, 3.8) is 0 Å². The average molecular weight is 305 g/mol. The highest BCUT2D eigenvalue weighted by atomic mass is 14.0. The molecule has 0 bridgehead atoms. The fraction of sp³-hybridized carbons (Fsp3) is 0.818. The van der Waals surface area contributed by atoms with E-state index in [-0.39, 0.29) is 0 Å². The van der Waals surface area contributed by atoms with Crippen LogP contribution < -0.4 is 0 Å². The Balaban J connectivity index is 4.08. The molecular weight excluding hydrogens is 264 g/mol. The Labute approximate surface area is 141 Å². The van der Waals surface area contributed by atoms with Gasteiger partial charge in [0.1, 0.15) is 0 Å².